The maximum atomic E-state index is 12.5. The largest absolute Gasteiger partial charge is 0.496 e. The van der Waals surface area contributed by atoms with Crippen LogP contribution in [0.15, 0.2) is 42.5 Å². The number of amides is 1. The first kappa shape index (κ1) is 27.6. The number of carbonyl (C=O) groups is 4. The van der Waals surface area contributed by atoms with Crippen LogP contribution in [0.5, 0.6) is 5.75 Å². The molecule has 0 unspecified atom stereocenters. The lowest BCUT2D eigenvalue weighted by Gasteiger charge is -2.19. The number of ketones is 1. The maximum absolute atomic E-state index is 12.5. The van der Waals surface area contributed by atoms with Gasteiger partial charge in [-0.05, 0) is 36.1 Å². The number of carbonyl (C=O) groups excluding carboxylic acids is 3. The number of aromatic carboxylic acids is 1. The van der Waals surface area contributed by atoms with Crippen molar-refractivity contribution in [2.45, 2.75) is 53.2 Å². The number of carboxylic acid groups (broad SMARTS) is 1. The van der Waals surface area contributed by atoms with Crippen LogP contribution in [-0.4, -0.2) is 41.9 Å². The Hall–Kier alpha value is -3.68. The molecule has 2 rings (SSSR count). The molecule has 0 spiro atoms. The highest BCUT2D eigenvalue weighted by Gasteiger charge is 2.21. The molecule has 0 saturated heterocycles. The fourth-order valence-corrected chi connectivity index (χ4v) is 3.23. The van der Waals surface area contributed by atoms with Crippen molar-refractivity contribution in [1.82, 2.24) is 5.32 Å². The van der Waals surface area contributed by atoms with Crippen LogP contribution in [0.2, 0.25) is 0 Å². The highest BCUT2D eigenvalue weighted by atomic mass is 16.5. The number of methoxy groups -OCH3 is 1. The van der Waals surface area contributed by atoms with E-state index in [9.17, 15) is 19.2 Å². The Bertz CT molecular complexity index is 1060. The lowest BCUT2D eigenvalue weighted by Crippen LogP contribution is -2.42. The van der Waals surface area contributed by atoms with Gasteiger partial charge in [-0.3, -0.25) is 14.4 Å². The van der Waals surface area contributed by atoms with E-state index in [1.807, 2.05) is 20.8 Å². The Morgan fingerprint density at radius 3 is 2.11 bits per heavy atom. The second-order valence-electron chi connectivity index (χ2n) is 8.89. The standard InChI is InChI=1S/C27H33NO7/c1-16(2)17(3)26(31)28-18(4)23(29)12-19-6-8-20(9-7-19)15-35-25(30)14-21-10-11-22(27(32)33)13-24(21)34-5/h6-11,13,16-18H,12,14-15H2,1-5H3,(H,28,31)(H,32,33)/t17-,18-/m0/s1. The van der Waals surface area contributed by atoms with Crippen molar-refractivity contribution in [3.63, 3.8) is 0 Å². The van der Waals surface area contributed by atoms with E-state index >= 15 is 0 Å². The normalized spacial score (nSPS) is 12.5. The van der Waals surface area contributed by atoms with E-state index in [0.29, 0.717) is 11.3 Å². The van der Waals surface area contributed by atoms with Crippen molar-refractivity contribution in [3.8, 4) is 5.75 Å². The fraction of sp³-hybridized carbons (Fsp3) is 0.407. The zero-order valence-corrected chi connectivity index (χ0v) is 20.8. The molecular formula is C27H33NO7. The third kappa shape index (κ3) is 8.24. The number of carboxylic acids is 1. The van der Waals surface area contributed by atoms with Crippen molar-refractivity contribution < 1.29 is 33.8 Å². The average molecular weight is 484 g/mol. The van der Waals surface area contributed by atoms with Crippen LogP contribution >= 0.6 is 0 Å². The number of Topliss-reactive ketones (excluding diaryl/α,β-unsaturated/α-hetero) is 1. The second-order valence-corrected chi connectivity index (χ2v) is 8.89. The van der Waals surface area contributed by atoms with Gasteiger partial charge in [-0.1, -0.05) is 51.1 Å². The summed E-state index contributed by atoms with van der Waals surface area (Å²) in [5.41, 5.74) is 2.15. The first-order valence-electron chi connectivity index (χ1n) is 11.5. The summed E-state index contributed by atoms with van der Waals surface area (Å²) in [4.78, 5) is 48.0. The fourth-order valence-electron chi connectivity index (χ4n) is 3.23. The molecule has 1 amide bonds. The van der Waals surface area contributed by atoms with Gasteiger partial charge in [0.15, 0.2) is 5.78 Å². The van der Waals surface area contributed by atoms with E-state index in [0.717, 1.165) is 11.1 Å². The highest BCUT2D eigenvalue weighted by Crippen LogP contribution is 2.21. The van der Waals surface area contributed by atoms with Crippen LogP contribution < -0.4 is 10.1 Å². The summed E-state index contributed by atoms with van der Waals surface area (Å²) >= 11 is 0. The van der Waals surface area contributed by atoms with Gasteiger partial charge in [-0.2, -0.15) is 0 Å². The summed E-state index contributed by atoms with van der Waals surface area (Å²) in [6.45, 7) is 7.51. The number of nitrogens with one attached hydrogen (secondary N) is 1. The van der Waals surface area contributed by atoms with E-state index in [-0.39, 0.29) is 48.5 Å². The van der Waals surface area contributed by atoms with Crippen LogP contribution in [-0.2, 0) is 38.6 Å². The molecular weight excluding hydrogens is 450 g/mol. The number of hydrogen-bond acceptors (Lipinski definition) is 6. The summed E-state index contributed by atoms with van der Waals surface area (Å²) in [5.74, 6) is -1.45. The molecule has 0 saturated carbocycles. The van der Waals surface area contributed by atoms with Gasteiger partial charge in [0.2, 0.25) is 5.91 Å². The lowest BCUT2D eigenvalue weighted by molar-refractivity contribution is -0.144. The van der Waals surface area contributed by atoms with Crippen LogP contribution in [0.1, 0.15) is 54.7 Å². The molecule has 8 nitrogen and oxygen atoms in total. The molecule has 188 valence electrons. The molecule has 8 heteroatoms. The van der Waals surface area contributed by atoms with Gasteiger partial charge in [0.25, 0.3) is 0 Å². The van der Waals surface area contributed by atoms with Crippen molar-refractivity contribution in [1.29, 1.82) is 0 Å². The Balaban J connectivity index is 1.87. The number of benzene rings is 2. The van der Waals surface area contributed by atoms with Crippen LogP contribution in [0.3, 0.4) is 0 Å². The molecule has 0 radical (unpaired) electrons. The Labute approximate surface area is 205 Å². The lowest BCUT2D eigenvalue weighted by atomic mass is 9.96. The molecule has 2 aromatic carbocycles. The van der Waals surface area contributed by atoms with Crippen molar-refractivity contribution in [2.24, 2.45) is 11.8 Å². The summed E-state index contributed by atoms with van der Waals surface area (Å²) in [7, 11) is 1.41. The van der Waals surface area contributed by atoms with Crippen molar-refractivity contribution in [3.05, 3.63) is 64.7 Å². The predicted molar refractivity (Wildman–Crippen MR) is 130 cm³/mol. The molecule has 2 N–H and O–H groups in total. The minimum atomic E-state index is -1.08. The smallest absolute Gasteiger partial charge is 0.335 e. The first-order chi connectivity index (χ1) is 16.5. The molecule has 0 aliphatic rings. The molecule has 0 heterocycles. The van der Waals surface area contributed by atoms with Crippen molar-refractivity contribution in [2.75, 3.05) is 7.11 Å². The quantitative estimate of drug-likeness (QED) is 0.443. The second kappa shape index (κ2) is 12.7. The number of hydrogen-bond donors (Lipinski definition) is 2. The summed E-state index contributed by atoms with van der Waals surface area (Å²) < 4.78 is 10.5. The van der Waals surface area contributed by atoms with E-state index in [2.05, 4.69) is 5.32 Å². The van der Waals surface area contributed by atoms with Gasteiger partial charge in [0.05, 0.1) is 25.1 Å². The monoisotopic (exact) mass is 483 g/mol. The third-order valence-corrected chi connectivity index (χ3v) is 5.93. The maximum Gasteiger partial charge on any atom is 0.335 e. The summed E-state index contributed by atoms with van der Waals surface area (Å²) in [6, 6.07) is 10.9. The molecule has 0 aliphatic carbocycles. The van der Waals surface area contributed by atoms with Crippen molar-refractivity contribution >= 4 is 23.6 Å². The molecule has 0 fully saturated rings. The highest BCUT2D eigenvalue weighted by molar-refractivity contribution is 5.90. The Kier molecular flexibility index (Phi) is 9.99. The van der Waals surface area contributed by atoms with Gasteiger partial charge in [-0.25, -0.2) is 4.79 Å². The average Bonchev–Trinajstić information content (AvgIpc) is 2.82. The SMILES string of the molecule is COc1cc(C(=O)O)ccc1CC(=O)OCc1ccc(CC(=O)[C@H](C)NC(=O)[C@@H](C)C(C)C)cc1. The number of ether oxygens (including phenoxy) is 2. The minimum absolute atomic E-state index is 0.0577. The van der Waals surface area contributed by atoms with Gasteiger partial charge >= 0.3 is 11.9 Å². The third-order valence-electron chi connectivity index (χ3n) is 5.93. The van der Waals surface area contributed by atoms with E-state index in [1.54, 1.807) is 31.2 Å². The predicted octanol–water partition coefficient (Wildman–Crippen LogP) is 3.59. The van der Waals surface area contributed by atoms with Crippen LogP contribution in [0.4, 0.5) is 0 Å². The van der Waals surface area contributed by atoms with Gasteiger partial charge in [0.1, 0.15) is 12.4 Å². The van der Waals surface area contributed by atoms with E-state index in [1.165, 1.54) is 25.3 Å². The van der Waals surface area contributed by atoms with Gasteiger partial charge in [0, 0.05) is 17.9 Å². The zero-order chi connectivity index (χ0) is 26.1. The molecule has 2 atom stereocenters. The number of rotatable bonds is 12. The molecule has 0 aromatic heterocycles. The Morgan fingerprint density at radius 1 is 0.914 bits per heavy atom. The first-order valence-corrected chi connectivity index (χ1v) is 11.5. The minimum Gasteiger partial charge on any atom is -0.496 e. The van der Waals surface area contributed by atoms with E-state index < -0.39 is 18.0 Å². The molecule has 2 aromatic rings. The topological polar surface area (TPSA) is 119 Å². The summed E-state index contributed by atoms with van der Waals surface area (Å²) in [5, 5.41) is 11.9. The zero-order valence-electron chi connectivity index (χ0n) is 20.8. The van der Waals surface area contributed by atoms with Gasteiger partial charge < -0.3 is 19.9 Å². The number of esters is 1. The summed E-state index contributed by atoms with van der Waals surface area (Å²) in [6.07, 6.45) is 0.123. The molecule has 0 aliphatic heterocycles. The molecule has 35 heavy (non-hydrogen) atoms. The Morgan fingerprint density at radius 2 is 1.54 bits per heavy atom. The van der Waals surface area contributed by atoms with E-state index in [4.69, 9.17) is 14.6 Å². The van der Waals surface area contributed by atoms with Crippen LogP contribution in [0.25, 0.3) is 0 Å². The van der Waals surface area contributed by atoms with Crippen LogP contribution in [0, 0.1) is 11.8 Å². The molecule has 0 bridgehead atoms. The van der Waals surface area contributed by atoms with Gasteiger partial charge in [-0.15, -0.1) is 0 Å².